The van der Waals surface area contributed by atoms with Crippen LogP contribution in [-0.2, 0) is 27.5 Å². The van der Waals surface area contributed by atoms with Gasteiger partial charge in [0, 0.05) is 14.2 Å². The van der Waals surface area contributed by atoms with E-state index in [0.717, 1.165) is 19.4 Å². The molecular formula is C11H14F3NO3S. The van der Waals surface area contributed by atoms with Crippen molar-refractivity contribution in [3.8, 4) is 0 Å². The minimum absolute atomic E-state index is 0.108. The Morgan fingerprint density at radius 1 is 1.32 bits per heavy atom. The van der Waals surface area contributed by atoms with E-state index in [1.165, 1.54) is 19.2 Å². The Kier molecular flexibility index (Phi) is 4.46. The minimum Gasteiger partial charge on any atom is -0.380 e. The molecule has 0 saturated heterocycles. The minimum atomic E-state index is -4.66. The molecule has 108 valence electrons. The fourth-order valence-electron chi connectivity index (χ4n) is 1.63. The molecule has 1 aromatic rings. The van der Waals surface area contributed by atoms with Gasteiger partial charge >= 0.3 is 6.18 Å². The molecule has 0 saturated carbocycles. The molecule has 0 N–H and O–H groups in total. The van der Waals surface area contributed by atoms with E-state index in [9.17, 15) is 21.6 Å². The largest absolute Gasteiger partial charge is 0.418 e. The van der Waals surface area contributed by atoms with E-state index < -0.39 is 27.5 Å². The monoisotopic (exact) mass is 297 g/mol. The third-order valence-electron chi connectivity index (χ3n) is 2.55. The van der Waals surface area contributed by atoms with Gasteiger partial charge in [-0.1, -0.05) is 12.1 Å². The third kappa shape index (κ3) is 3.60. The number of alkyl halides is 3. The fourth-order valence-corrected chi connectivity index (χ4v) is 2.14. The van der Waals surface area contributed by atoms with Gasteiger partial charge in [0.25, 0.3) is 0 Å². The van der Waals surface area contributed by atoms with Crippen molar-refractivity contribution in [1.82, 2.24) is 0 Å². The summed E-state index contributed by atoms with van der Waals surface area (Å²) >= 11 is 0. The summed E-state index contributed by atoms with van der Waals surface area (Å²) in [6.07, 6.45) is -3.82. The summed E-state index contributed by atoms with van der Waals surface area (Å²) in [4.78, 5) is 0. The molecule has 0 heterocycles. The van der Waals surface area contributed by atoms with Gasteiger partial charge in [-0.15, -0.1) is 0 Å². The smallest absolute Gasteiger partial charge is 0.380 e. The molecule has 0 fully saturated rings. The lowest BCUT2D eigenvalue weighted by molar-refractivity contribution is -0.138. The Morgan fingerprint density at radius 3 is 2.32 bits per heavy atom. The zero-order valence-electron chi connectivity index (χ0n) is 10.7. The van der Waals surface area contributed by atoms with Crippen LogP contribution in [-0.4, -0.2) is 28.8 Å². The molecule has 0 radical (unpaired) electrons. The number of hydrogen-bond donors (Lipinski definition) is 0. The highest BCUT2D eigenvalue weighted by Gasteiger charge is 2.38. The van der Waals surface area contributed by atoms with Crippen molar-refractivity contribution in [2.75, 3.05) is 24.7 Å². The summed E-state index contributed by atoms with van der Waals surface area (Å²) < 4.78 is 67.4. The van der Waals surface area contributed by atoms with Crippen LogP contribution in [0.5, 0.6) is 0 Å². The lowest BCUT2D eigenvalue weighted by Gasteiger charge is -2.23. The average molecular weight is 297 g/mol. The van der Waals surface area contributed by atoms with E-state index in [0.29, 0.717) is 4.31 Å². The number of rotatable bonds is 4. The molecular weight excluding hydrogens is 283 g/mol. The SMILES string of the molecule is COCc1cccc(N(C)S(C)(=O)=O)c1C(F)(F)F. The molecule has 1 aromatic carbocycles. The van der Waals surface area contributed by atoms with Crippen molar-refractivity contribution in [3.05, 3.63) is 29.3 Å². The first-order chi connectivity index (χ1) is 8.59. The lowest BCUT2D eigenvalue weighted by Crippen LogP contribution is -2.28. The van der Waals surface area contributed by atoms with Crippen molar-refractivity contribution >= 4 is 15.7 Å². The van der Waals surface area contributed by atoms with Crippen molar-refractivity contribution in [1.29, 1.82) is 0 Å². The molecule has 0 unspecified atom stereocenters. The molecule has 0 amide bonds. The predicted octanol–water partition coefficient (Wildman–Crippen LogP) is 2.25. The van der Waals surface area contributed by atoms with E-state index in [2.05, 4.69) is 0 Å². The number of methoxy groups -OCH3 is 1. The Morgan fingerprint density at radius 2 is 1.89 bits per heavy atom. The average Bonchev–Trinajstić information content (AvgIpc) is 2.25. The number of nitrogens with zero attached hydrogens (tertiary/aromatic N) is 1. The molecule has 0 aliphatic carbocycles. The number of benzene rings is 1. The number of hydrogen-bond acceptors (Lipinski definition) is 3. The van der Waals surface area contributed by atoms with Crippen LogP contribution in [0, 0.1) is 0 Å². The van der Waals surface area contributed by atoms with Gasteiger partial charge in [-0.25, -0.2) is 8.42 Å². The van der Waals surface area contributed by atoms with Crippen LogP contribution in [0.3, 0.4) is 0 Å². The van der Waals surface area contributed by atoms with E-state index in [1.54, 1.807) is 0 Å². The summed E-state index contributed by atoms with van der Waals surface area (Å²) in [5, 5.41) is 0. The highest BCUT2D eigenvalue weighted by Crippen LogP contribution is 2.39. The van der Waals surface area contributed by atoms with Crippen molar-refractivity contribution in [2.24, 2.45) is 0 Å². The highest BCUT2D eigenvalue weighted by molar-refractivity contribution is 7.92. The maximum absolute atomic E-state index is 13.1. The quantitative estimate of drug-likeness (QED) is 0.856. The van der Waals surface area contributed by atoms with Gasteiger partial charge in [0.15, 0.2) is 0 Å². The molecule has 0 aliphatic rings. The van der Waals surface area contributed by atoms with Crippen molar-refractivity contribution in [3.63, 3.8) is 0 Å². The van der Waals surface area contributed by atoms with E-state index >= 15 is 0 Å². The van der Waals surface area contributed by atoms with Gasteiger partial charge in [-0.2, -0.15) is 13.2 Å². The molecule has 1 rings (SSSR count). The Bertz CT molecular complexity index is 555. The number of halogens is 3. The molecule has 0 aromatic heterocycles. The Labute approximate surface area is 109 Å². The molecule has 8 heteroatoms. The fraction of sp³-hybridized carbons (Fsp3) is 0.455. The number of ether oxygens (including phenoxy) is 1. The summed E-state index contributed by atoms with van der Waals surface area (Å²) in [5.41, 5.74) is -1.52. The summed E-state index contributed by atoms with van der Waals surface area (Å²) in [5.74, 6) is 0. The molecule has 0 bridgehead atoms. The number of anilines is 1. The van der Waals surface area contributed by atoms with Crippen LogP contribution < -0.4 is 4.31 Å². The summed E-state index contributed by atoms with van der Waals surface area (Å²) in [6.45, 7) is -0.250. The molecule has 4 nitrogen and oxygen atoms in total. The molecule has 0 aliphatic heterocycles. The zero-order chi connectivity index (χ0) is 14.8. The van der Waals surface area contributed by atoms with E-state index in [1.807, 2.05) is 0 Å². The van der Waals surface area contributed by atoms with Gasteiger partial charge in [-0.3, -0.25) is 4.31 Å². The second-order valence-corrected chi connectivity index (χ2v) is 5.99. The van der Waals surface area contributed by atoms with Gasteiger partial charge in [0.2, 0.25) is 10.0 Å². The maximum Gasteiger partial charge on any atom is 0.418 e. The standard InChI is InChI=1S/C11H14F3NO3S/c1-15(19(3,16)17)9-6-4-5-8(7-18-2)10(9)11(12,13)14/h4-6H,7H2,1-3H3. The highest BCUT2D eigenvalue weighted by atomic mass is 32.2. The second kappa shape index (κ2) is 5.38. The first kappa shape index (κ1) is 15.8. The van der Waals surface area contributed by atoms with Gasteiger partial charge in [-0.05, 0) is 11.6 Å². The number of sulfonamides is 1. The summed E-state index contributed by atoms with van der Waals surface area (Å²) in [6, 6.07) is 3.73. The van der Waals surface area contributed by atoms with Crippen molar-refractivity contribution in [2.45, 2.75) is 12.8 Å². The van der Waals surface area contributed by atoms with Crippen LogP contribution >= 0.6 is 0 Å². The zero-order valence-corrected chi connectivity index (χ0v) is 11.5. The second-order valence-electron chi connectivity index (χ2n) is 3.97. The van der Waals surface area contributed by atoms with E-state index in [4.69, 9.17) is 4.74 Å². The maximum atomic E-state index is 13.1. The van der Waals surface area contributed by atoms with Crippen LogP contribution in [0.2, 0.25) is 0 Å². The lowest BCUT2D eigenvalue weighted by atomic mass is 10.1. The van der Waals surface area contributed by atoms with Gasteiger partial charge in [0.1, 0.15) is 0 Å². The van der Waals surface area contributed by atoms with Crippen LogP contribution in [0.25, 0.3) is 0 Å². The Balaban J connectivity index is 3.52. The van der Waals surface area contributed by atoms with Crippen LogP contribution in [0.15, 0.2) is 18.2 Å². The summed E-state index contributed by atoms with van der Waals surface area (Å²) in [7, 11) is -1.43. The first-order valence-electron chi connectivity index (χ1n) is 5.21. The van der Waals surface area contributed by atoms with Gasteiger partial charge < -0.3 is 4.74 Å². The van der Waals surface area contributed by atoms with E-state index in [-0.39, 0.29) is 12.2 Å². The van der Waals surface area contributed by atoms with Crippen molar-refractivity contribution < 1.29 is 26.3 Å². The third-order valence-corrected chi connectivity index (χ3v) is 3.74. The normalized spacial score (nSPS) is 12.5. The predicted molar refractivity (Wildman–Crippen MR) is 65.4 cm³/mol. The van der Waals surface area contributed by atoms with Crippen LogP contribution in [0.4, 0.5) is 18.9 Å². The first-order valence-corrected chi connectivity index (χ1v) is 7.05. The molecule has 19 heavy (non-hydrogen) atoms. The molecule has 0 spiro atoms. The van der Waals surface area contributed by atoms with Gasteiger partial charge in [0.05, 0.1) is 24.1 Å². The Hall–Kier alpha value is -1.28. The van der Waals surface area contributed by atoms with Crippen LogP contribution in [0.1, 0.15) is 11.1 Å². The molecule has 0 atom stereocenters. The topological polar surface area (TPSA) is 46.6 Å².